The first kappa shape index (κ1) is 18.9. The van der Waals surface area contributed by atoms with E-state index in [0.29, 0.717) is 0 Å². The van der Waals surface area contributed by atoms with Crippen LogP contribution >= 0.6 is 24.8 Å². The van der Waals surface area contributed by atoms with Crippen LogP contribution in [0.2, 0.25) is 0 Å². The summed E-state index contributed by atoms with van der Waals surface area (Å²) in [6.07, 6.45) is 2.56. The van der Waals surface area contributed by atoms with Gasteiger partial charge in [0.25, 0.3) is 0 Å². The van der Waals surface area contributed by atoms with Gasteiger partial charge in [-0.15, -0.1) is 24.8 Å². The van der Waals surface area contributed by atoms with E-state index in [2.05, 4.69) is 10.2 Å². The van der Waals surface area contributed by atoms with Gasteiger partial charge in [0.15, 0.2) is 0 Å². The predicted molar refractivity (Wildman–Crippen MR) is 92.4 cm³/mol. The largest absolute Gasteiger partial charge is 0.495 e. The molecule has 0 aromatic heterocycles. The van der Waals surface area contributed by atoms with Crippen LogP contribution in [-0.2, 0) is 4.79 Å². The van der Waals surface area contributed by atoms with Gasteiger partial charge in [0, 0.05) is 19.1 Å². The summed E-state index contributed by atoms with van der Waals surface area (Å²) >= 11 is 0. The van der Waals surface area contributed by atoms with Crippen molar-refractivity contribution in [3.63, 3.8) is 0 Å². The molecule has 1 atom stereocenters. The quantitative estimate of drug-likeness (QED) is 0.870. The smallest absolute Gasteiger partial charge is 0.240 e. The molecule has 2 aliphatic rings. The topological polar surface area (TPSA) is 67.6 Å². The highest BCUT2D eigenvalue weighted by Crippen LogP contribution is 2.33. The average Bonchev–Trinajstić information content (AvgIpc) is 3.05. The number of amides is 1. The Bertz CT molecular complexity index is 523. The van der Waals surface area contributed by atoms with Crippen LogP contribution in [0.4, 0.5) is 5.69 Å². The third-order valence-corrected chi connectivity index (χ3v) is 4.19. The van der Waals surface area contributed by atoms with Crippen molar-refractivity contribution in [2.45, 2.75) is 30.8 Å². The van der Waals surface area contributed by atoms with Crippen LogP contribution in [0.15, 0.2) is 24.3 Å². The van der Waals surface area contributed by atoms with Gasteiger partial charge in [-0.25, -0.2) is 0 Å². The van der Waals surface area contributed by atoms with Crippen LogP contribution < -0.4 is 20.7 Å². The lowest BCUT2D eigenvalue weighted by Gasteiger charge is -2.22. The Morgan fingerprint density at radius 3 is 2.68 bits per heavy atom. The maximum absolute atomic E-state index is 12.0. The Balaban J connectivity index is 0.00000121. The molecule has 0 bridgehead atoms. The number of anilines is 1. The minimum absolute atomic E-state index is 0. The number of hydrogen-bond donors (Lipinski definition) is 2. The second-order valence-corrected chi connectivity index (χ2v) is 5.73. The van der Waals surface area contributed by atoms with E-state index in [1.165, 1.54) is 0 Å². The fourth-order valence-corrected chi connectivity index (χ4v) is 2.68. The van der Waals surface area contributed by atoms with E-state index in [1.54, 1.807) is 7.11 Å². The zero-order valence-electron chi connectivity index (χ0n) is 12.6. The highest BCUT2D eigenvalue weighted by Gasteiger charge is 2.46. The molecule has 7 heteroatoms. The van der Waals surface area contributed by atoms with Crippen molar-refractivity contribution in [3.8, 4) is 5.75 Å². The van der Waals surface area contributed by atoms with Gasteiger partial charge in [0.2, 0.25) is 5.91 Å². The van der Waals surface area contributed by atoms with Crippen LogP contribution in [0.5, 0.6) is 5.75 Å². The lowest BCUT2D eigenvalue weighted by atomic mass is 10.2. The predicted octanol–water partition coefficient (Wildman–Crippen LogP) is 1.72. The maximum atomic E-state index is 12.0. The number of methoxy groups -OCH3 is 1. The van der Waals surface area contributed by atoms with Gasteiger partial charge in [-0.05, 0) is 31.4 Å². The Kier molecular flexibility index (Phi) is 6.35. The molecule has 1 unspecified atom stereocenters. The number of benzene rings is 1. The van der Waals surface area contributed by atoms with E-state index >= 15 is 0 Å². The Labute approximate surface area is 143 Å². The lowest BCUT2D eigenvalue weighted by Crippen LogP contribution is -2.47. The first-order valence-corrected chi connectivity index (χ1v) is 7.10. The van der Waals surface area contributed by atoms with Gasteiger partial charge in [0.1, 0.15) is 5.75 Å². The summed E-state index contributed by atoms with van der Waals surface area (Å²) in [5.41, 5.74) is 6.41. The first-order valence-electron chi connectivity index (χ1n) is 7.10. The zero-order valence-corrected chi connectivity index (χ0v) is 14.2. The van der Waals surface area contributed by atoms with Crippen LogP contribution in [0.1, 0.15) is 19.3 Å². The van der Waals surface area contributed by atoms with E-state index in [4.69, 9.17) is 10.5 Å². The van der Waals surface area contributed by atoms with E-state index < -0.39 is 5.54 Å². The minimum atomic E-state index is -0.585. The third kappa shape index (κ3) is 3.77. The SMILES string of the molecule is COc1ccccc1N1CCC(NC(=O)C2(N)CC2)C1.Cl.Cl. The van der Waals surface area contributed by atoms with Crippen LogP contribution in [0.25, 0.3) is 0 Å². The normalized spacial score (nSPS) is 21.4. The molecular formula is C15H23Cl2N3O2. The summed E-state index contributed by atoms with van der Waals surface area (Å²) in [5.74, 6) is 0.876. The van der Waals surface area contributed by atoms with Gasteiger partial charge >= 0.3 is 0 Å². The molecule has 1 aromatic rings. The molecule has 0 radical (unpaired) electrons. The van der Waals surface area contributed by atoms with Gasteiger partial charge in [0.05, 0.1) is 18.3 Å². The molecule has 1 aliphatic heterocycles. The van der Waals surface area contributed by atoms with Gasteiger partial charge < -0.3 is 20.7 Å². The molecule has 124 valence electrons. The lowest BCUT2D eigenvalue weighted by molar-refractivity contribution is -0.123. The van der Waals surface area contributed by atoms with Crippen molar-refractivity contribution in [2.24, 2.45) is 5.73 Å². The van der Waals surface area contributed by atoms with Crippen molar-refractivity contribution >= 4 is 36.4 Å². The monoisotopic (exact) mass is 347 g/mol. The zero-order chi connectivity index (χ0) is 14.2. The Morgan fingerprint density at radius 1 is 1.36 bits per heavy atom. The number of rotatable bonds is 4. The highest BCUT2D eigenvalue weighted by molar-refractivity contribution is 5.89. The van der Waals surface area contributed by atoms with Crippen LogP contribution in [0, 0.1) is 0 Å². The van der Waals surface area contributed by atoms with Gasteiger partial charge in [-0.3, -0.25) is 4.79 Å². The molecule has 1 saturated carbocycles. The molecule has 2 fully saturated rings. The Hall–Kier alpha value is -1.17. The van der Waals surface area contributed by atoms with E-state index in [-0.39, 0.29) is 36.8 Å². The molecular weight excluding hydrogens is 325 g/mol. The summed E-state index contributed by atoms with van der Waals surface area (Å²) in [5, 5.41) is 3.07. The fraction of sp³-hybridized carbons (Fsp3) is 0.533. The molecule has 0 spiro atoms. The fourth-order valence-electron chi connectivity index (χ4n) is 2.68. The summed E-state index contributed by atoms with van der Waals surface area (Å²) in [7, 11) is 1.68. The summed E-state index contributed by atoms with van der Waals surface area (Å²) in [4.78, 5) is 14.2. The van der Waals surface area contributed by atoms with E-state index in [1.807, 2.05) is 24.3 Å². The summed E-state index contributed by atoms with van der Waals surface area (Å²) < 4.78 is 5.39. The molecule has 1 aliphatic carbocycles. The number of halogens is 2. The third-order valence-electron chi connectivity index (χ3n) is 4.19. The number of nitrogens with zero attached hydrogens (tertiary/aromatic N) is 1. The van der Waals surface area contributed by atoms with Crippen molar-refractivity contribution in [1.82, 2.24) is 5.32 Å². The highest BCUT2D eigenvalue weighted by atomic mass is 35.5. The van der Waals surface area contributed by atoms with E-state index in [9.17, 15) is 4.79 Å². The van der Waals surface area contributed by atoms with E-state index in [0.717, 1.165) is 43.8 Å². The number of ether oxygens (including phenoxy) is 1. The number of carbonyl (C=O) groups is 1. The number of hydrogen-bond acceptors (Lipinski definition) is 4. The van der Waals surface area contributed by atoms with Crippen LogP contribution in [-0.4, -0.2) is 37.7 Å². The van der Waals surface area contributed by atoms with Gasteiger partial charge in [-0.2, -0.15) is 0 Å². The molecule has 3 rings (SSSR count). The molecule has 3 N–H and O–H groups in total. The van der Waals surface area contributed by atoms with Gasteiger partial charge in [-0.1, -0.05) is 12.1 Å². The average molecular weight is 348 g/mol. The second kappa shape index (κ2) is 7.40. The molecule has 1 saturated heterocycles. The minimum Gasteiger partial charge on any atom is -0.495 e. The van der Waals surface area contributed by atoms with Crippen molar-refractivity contribution < 1.29 is 9.53 Å². The number of nitrogens with one attached hydrogen (secondary N) is 1. The number of nitrogens with two attached hydrogens (primary N) is 1. The molecule has 1 aromatic carbocycles. The number of para-hydroxylation sites is 2. The summed E-state index contributed by atoms with van der Waals surface area (Å²) in [6, 6.07) is 8.15. The summed E-state index contributed by atoms with van der Waals surface area (Å²) in [6.45, 7) is 1.73. The first-order chi connectivity index (χ1) is 9.62. The Morgan fingerprint density at radius 2 is 2.05 bits per heavy atom. The van der Waals surface area contributed by atoms with Crippen molar-refractivity contribution in [2.75, 3.05) is 25.1 Å². The van der Waals surface area contributed by atoms with Crippen LogP contribution in [0.3, 0.4) is 0 Å². The second-order valence-electron chi connectivity index (χ2n) is 5.73. The molecule has 1 heterocycles. The van der Waals surface area contributed by atoms with Crippen molar-refractivity contribution in [1.29, 1.82) is 0 Å². The molecule has 1 amide bonds. The molecule has 5 nitrogen and oxygen atoms in total. The standard InChI is InChI=1S/C15H21N3O2.2ClH/c1-20-13-5-3-2-4-12(13)18-9-6-11(10-18)17-14(19)15(16)7-8-15;;/h2-5,11H,6-10,16H2,1H3,(H,17,19);2*1H. The number of carbonyl (C=O) groups excluding carboxylic acids is 1. The van der Waals surface area contributed by atoms with Crippen molar-refractivity contribution in [3.05, 3.63) is 24.3 Å². The maximum Gasteiger partial charge on any atom is 0.240 e. The molecule has 22 heavy (non-hydrogen) atoms.